The number of nitrogens with one attached hydrogen (secondary N) is 2. The molecule has 1 aliphatic heterocycles. The Kier molecular flexibility index (Phi) is 8.49. The number of carbonyl (C=O) groups is 2. The van der Waals surface area contributed by atoms with E-state index in [0.717, 1.165) is 37.1 Å². The zero-order valence-corrected chi connectivity index (χ0v) is 21.1. The Labute approximate surface area is 203 Å². The third-order valence-corrected chi connectivity index (χ3v) is 7.49. The van der Waals surface area contributed by atoms with Gasteiger partial charge in [0.25, 0.3) is 5.91 Å². The maximum absolute atomic E-state index is 12.5. The highest BCUT2D eigenvalue weighted by Gasteiger charge is 2.19. The Morgan fingerprint density at radius 3 is 2.12 bits per heavy atom. The number of piperidine rings is 1. The number of hydrogen-bond donors (Lipinski definition) is 2. The number of benzene rings is 2. The molecule has 3 rings (SSSR count). The van der Waals surface area contributed by atoms with Crippen LogP contribution in [0.2, 0.25) is 0 Å². The maximum Gasteiger partial charge on any atom is 0.253 e. The number of hydrogen-bond acceptors (Lipinski definition) is 4. The zero-order valence-electron chi connectivity index (χ0n) is 20.3. The van der Waals surface area contributed by atoms with Crippen molar-refractivity contribution < 1.29 is 18.0 Å². The summed E-state index contributed by atoms with van der Waals surface area (Å²) in [5.41, 5.74) is 2.52. The molecule has 7 nitrogen and oxygen atoms in total. The van der Waals surface area contributed by atoms with E-state index in [1.54, 1.807) is 24.3 Å². The first-order valence-corrected chi connectivity index (χ1v) is 13.3. The zero-order chi connectivity index (χ0) is 24.8. The molecule has 0 atom stereocenters. The number of carbonyl (C=O) groups excluding carboxylic acids is 2. The quantitative estimate of drug-likeness (QED) is 0.597. The molecule has 2 aromatic rings. The first-order valence-electron chi connectivity index (χ1n) is 11.8. The Balaban J connectivity index is 1.43. The summed E-state index contributed by atoms with van der Waals surface area (Å²) >= 11 is 0. The van der Waals surface area contributed by atoms with Crippen molar-refractivity contribution in [2.45, 2.75) is 63.3 Å². The molecule has 2 aromatic carbocycles. The summed E-state index contributed by atoms with van der Waals surface area (Å²) in [6.07, 6.45) is 3.31. The minimum atomic E-state index is -3.67. The summed E-state index contributed by atoms with van der Waals surface area (Å²) in [4.78, 5) is 26.8. The predicted octanol–water partition coefficient (Wildman–Crippen LogP) is 3.60. The molecular formula is C26H35N3O4S. The Morgan fingerprint density at radius 1 is 0.912 bits per heavy atom. The van der Waals surface area contributed by atoms with Crippen LogP contribution in [0.15, 0.2) is 53.4 Å². The summed E-state index contributed by atoms with van der Waals surface area (Å²) in [6.45, 7) is 8.15. The monoisotopic (exact) mass is 485 g/mol. The summed E-state index contributed by atoms with van der Waals surface area (Å²) in [5, 5.41) is 2.79. The van der Waals surface area contributed by atoms with Crippen molar-refractivity contribution >= 4 is 21.8 Å². The molecule has 34 heavy (non-hydrogen) atoms. The number of likely N-dealkylation sites (tertiary alicyclic amines) is 1. The van der Waals surface area contributed by atoms with Gasteiger partial charge in [-0.3, -0.25) is 9.59 Å². The SMILES string of the molecule is CC(C)(C)c1ccc(S(=O)(=O)NCCC(=O)NCc2ccc(C(=O)N3CCCCC3)cc2)cc1. The van der Waals surface area contributed by atoms with Gasteiger partial charge in [0.1, 0.15) is 0 Å². The fourth-order valence-electron chi connectivity index (χ4n) is 3.85. The second kappa shape index (κ2) is 11.1. The minimum absolute atomic E-state index is 0.0124. The van der Waals surface area contributed by atoms with Crippen LogP contribution in [0, 0.1) is 0 Å². The van der Waals surface area contributed by atoms with Gasteiger partial charge in [0.2, 0.25) is 15.9 Å². The third kappa shape index (κ3) is 7.14. The fourth-order valence-corrected chi connectivity index (χ4v) is 4.88. The smallest absolute Gasteiger partial charge is 0.253 e. The van der Waals surface area contributed by atoms with Crippen molar-refractivity contribution in [2.24, 2.45) is 0 Å². The van der Waals surface area contributed by atoms with Gasteiger partial charge in [-0.05, 0) is 60.1 Å². The summed E-state index contributed by atoms with van der Waals surface area (Å²) in [7, 11) is -3.67. The lowest BCUT2D eigenvalue weighted by Gasteiger charge is -2.26. The van der Waals surface area contributed by atoms with Gasteiger partial charge in [-0.15, -0.1) is 0 Å². The molecule has 2 amide bonds. The van der Waals surface area contributed by atoms with Crippen molar-refractivity contribution in [2.75, 3.05) is 19.6 Å². The Hall–Kier alpha value is -2.71. The van der Waals surface area contributed by atoms with Crippen LogP contribution in [0.25, 0.3) is 0 Å². The van der Waals surface area contributed by atoms with E-state index in [9.17, 15) is 18.0 Å². The van der Waals surface area contributed by atoms with Crippen LogP contribution in [-0.4, -0.2) is 44.8 Å². The molecule has 0 radical (unpaired) electrons. The molecule has 0 bridgehead atoms. The maximum atomic E-state index is 12.5. The lowest BCUT2D eigenvalue weighted by molar-refractivity contribution is -0.121. The van der Waals surface area contributed by atoms with Crippen LogP contribution in [-0.2, 0) is 26.8 Å². The number of rotatable bonds is 8. The first kappa shape index (κ1) is 25.9. The predicted molar refractivity (Wildman–Crippen MR) is 133 cm³/mol. The van der Waals surface area contributed by atoms with Gasteiger partial charge in [0.05, 0.1) is 4.90 Å². The second-order valence-corrected chi connectivity index (χ2v) is 11.5. The third-order valence-electron chi connectivity index (χ3n) is 6.01. The molecule has 1 saturated heterocycles. The highest BCUT2D eigenvalue weighted by atomic mass is 32.2. The lowest BCUT2D eigenvalue weighted by Crippen LogP contribution is -2.35. The lowest BCUT2D eigenvalue weighted by atomic mass is 9.87. The Morgan fingerprint density at radius 2 is 1.53 bits per heavy atom. The molecule has 0 unspecified atom stereocenters. The molecule has 1 heterocycles. The molecule has 0 aromatic heterocycles. The summed E-state index contributed by atoms with van der Waals surface area (Å²) in [5.74, 6) is -0.199. The average molecular weight is 486 g/mol. The largest absolute Gasteiger partial charge is 0.352 e. The van der Waals surface area contributed by atoms with Crippen LogP contribution >= 0.6 is 0 Å². The second-order valence-electron chi connectivity index (χ2n) is 9.75. The van der Waals surface area contributed by atoms with E-state index in [1.807, 2.05) is 29.2 Å². The van der Waals surface area contributed by atoms with Crippen LogP contribution in [0.5, 0.6) is 0 Å². The van der Waals surface area contributed by atoms with Crippen LogP contribution in [0.3, 0.4) is 0 Å². The van der Waals surface area contributed by atoms with Crippen molar-refractivity contribution in [3.63, 3.8) is 0 Å². The minimum Gasteiger partial charge on any atom is -0.352 e. The highest BCUT2D eigenvalue weighted by molar-refractivity contribution is 7.89. The molecule has 184 valence electrons. The standard InChI is InChI=1S/C26H35N3O4S/c1-26(2,3)22-11-13-23(14-12-22)34(32,33)28-16-15-24(30)27-19-20-7-9-21(10-8-20)25(31)29-17-5-4-6-18-29/h7-14,28H,4-6,15-19H2,1-3H3,(H,27,30). The molecule has 0 saturated carbocycles. The number of amides is 2. The molecule has 0 aliphatic carbocycles. The van der Waals surface area contributed by atoms with Gasteiger partial charge >= 0.3 is 0 Å². The van der Waals surface area contributed by atoms with Crippen molar-refractivity contribution in [3.8, 4) is 0 Å². The molecule has 1 aliphatic rings. The normalized spacial score (nSPS) is 14.6. The van der Waals surface area contributed by atoms with Crippen LogP contribution < -0.4 is 10.0 Å². The fraction of sp³-hybridized carbons (Fsp3) is 0.462. The first-order chi connectivity index (χ1) is 16.1. The van der Waals surface area contributed by atoms with E-state index in [-0.39, 0.29) is 35.1 Å². The van der Waals surface area contributed by atoms with E-state index in [2.05, 4.69) is 30.8 Å². The van der Waals surface area contributed by atoms with E-state index >= 15 is 0 Å². The van der Waals surface area contributed by atoms with E-state index in [4.69, 9.17) is 0 Å². The molecule has 1 fully saturated rings. The van der Waals surface area contributed by atoms with Crippen molar-refractivity contribution in [1.82, 2.24) is 14.9 Å². The van der Waals surface area contributed by atoms with E-state index in [0.29, 0.717) is 12.1 Å². The van der Waals surface area contributed by atoms with E-state index < -0.39 is 10.0 Å². The van der Waals surface area contributed by atoms with Crippen LogP contribution in [0.1, 0.15) is 67.9 Å². The van der Waals surface area contributed by atoms with Crippen molar-refractivity contribution in [3.05, 3.63) is 65.2 Å². The van der Waals surface area contributed by atoms with Gasteiger partial charge in [-0.25, -0.2) is 13.1 Å². The van der Waals surface area contributed by atoms with E-state index in [1.165, 1.54) is 6.42 Å². The molecular weight excluding hydrogens is 450 g/mol. The van der Waals surface area contributed by atoms with Gasteiger partial charge < -0.3 is 10.2 Å². The molecule has 0 spiro atoms. The van der Waals surface area contributed by atoms with Gasteiger partial charge in [0.15, 0.2) is 0 Å². The molecule has 2 N–H and O–H groups in total. The van der Waals surface area contributed by atoms with Gasteiger partial charge in [-0.1, -0.05) is 45.0 Å². The topological polar surface area (TPSA) is 95.6 Å². The van der Waals surface area contributed by atoms with Crippen LogP contribution in [0.4, 0.5) is 0 Å². The molecule has 8 heteroatoms. The number of sulfonamides is 1. The highest BCUT2D eigenvalue weighted by Crippen LogP contribution is 2.23. The summed E-state index contributed by atoms with van der Waals surface area (Å²) in [6, 6.07) is 14.0. The van der Waals surface area contributed by atoms with Crippen molar-refractivity contribution in [1.29, 1.82) is 0 Å². The average Bonchev–Trinajstić information content (AvgIpc) is 2.82. The Bertz CT molecular complexity index is 1080. The summed E-state index contributed by atoms with van der Waals surface area (Å²) < 4.78 is 27.4. The van der Waals surface area contributed by atoms with Gasteiger partial charge in [0, 0.05) is 38.2 Å². The van der Waals surface area contributed by atoms with Gasteiger partial charge in [-0.2, -0.15) is 0 Å². The number of nitrogens with zero attached hydrogens (tertiary/aromatic N) is 1.